The number of ether oxygens (including phenoxy) is 2. The van der Waals surface area contributed by atoms with Crippen LogP contribution in [0.2, 0.25) is 0 Å². The van der Waals surface area contributed by atoms with Gasteiger partial charge in [-0.05, 0) is 67.6 Å². The van der Waals surface area contributed by atoms with Crippen molar-refractivity contribution in [3.05, 3.63) is 59.6 Å². The maximum absolute atomic E-state index is 14.2. The highest BCUT2D eigenvalue weighted by atomic mass is 19.1. The molecule has 0 radical (unpaired) electrons. The third kappa shape index (κ3) is 4.88. The van der Waals surface area contributed by atoms with E-state index in [1.807, 2.05) is 37.3 Å². The zero-order chi connectivity index (χ0) is 20.4. The highest BCUT2D eigenvalue weighted by Gasteiger charge is 2.22. The van der Waals surface area contributed by atoms with E-state index in [9.17, 15) is 9.18 Å². The molecule has 1 aliphatic carbocycles. The van der Waals surface area contributed by atoms with Crippen molar-refractivity contribution in [3.63, 3.8) is 0 Å². The molecule has 0 saturated heterocycles. The molecule has 2 aromatic carbocycles. The molecule has 1 amide bonds. The number of furan rings is 1. The average Bonchev–Trinajstić information content (AvgIpc) is 3.41. The van der Waals surface area contributed by atoms with Gasteiger partial charge in [-0.1, -0.05) is 6.07 Å². The van der Waals surface area contributed by atoms with Gasteiger partial charge in [-0.2, -0.15) is 0 Å². The number of fused-ring (bicyclic) bond motifs is 1. The summed E-state index contributed by atoms with van der Waals surface area (Å²) >= 11 is 0. The average molecular weight is 397 g/mol. The Kier molecular flexibility index (Phi) is 5.43. The fraction of sp³-hybridized carbons (Fsp3) is 0.348. The lowest BCUT2D eigenvalue weighted by atomic mass is 10.2. The molecule has 3 aromatic rings. The summed E-state index contributed by atoms with van der Waals surface area (Å²) in [5, 5.41) is 3.68. The van der Waals surface area contributed by atoms with Crippen LogP contribution in [0.4, 0.5) is 4.39 Å². The number of hydrogen-bond donors (Lipinski definition) is 1. The summed E-state index contributed by atoms with van der Waals surface area (Å²) in [5.74, 6) is 1.73. The summed E-state index contributed by atoms with van der Waals surface area (Å²) in [4.78, 5) is 11.2. The minimum Gasteiger partial charge on any atom is -0.490 e. The van der Waals surface area contributed by atoms with Crippen LogP contribution in [0.5, 0.6) is 11.5 Å². The normalized spacial score (nSPS) is 14.6. The first-order valence-electron chi connectivity index (χ1n) is 9.82. The highest BCUT2D eigenvalue weighted by Crippen LogP contribution is 2.31. The second-order valence-electron chi connectivity index (χ2n) is 7.58. The van der Waals surface area contributed by atoms with E-state index in [0.29, 0.717) is 35.4 Å². The summed E-state index contributed by atoms with van der Waals surface area (Å²) in [6.07, 6.45) is 2.34. The monoisotopic (exact) mass is 397 g/mol. The first kappa shape index (κ1) is 19.3. The van der Waals surface area contributed by atoms with Crippen LogP contribution in [-0.4, -0.2) is 12.5 Å². The van der Waals surface area contributed by atoms with Gasteiger partial charge >= 0.3 is 0 Å². The molecule has 1 aliphatic rings. The molecule has 1 fully saturated rings. The Labute approximate surface area is 168 Å². The molecule has 0 aliphatic heterocycles. The summed E-state index contributed by atoms with van der Waals surface area (Å²) in [5.41, 5.74) is 1.45. The first-order valence-corrected chi connectivity index (χ1v) is 9.82. The molecule has 1 atom stereocenters. The molecule has 4 rings (SSSR count). The smallest absolute Gasteiger partial charge is 0.217 e. The van der Waals surface area contributed by atoms with Crippen LogP contribution < -0.4 is 14.8 Å². The van der Waals surface area contributed by atoms with Crippen LogP contribution >= 0.6 is 0 Å². The van der Waals surface area contributed by atoms with Gasteiger partial charge in [-0.3, -0.25) is 4.79 Å². The van der Waals surface area contributed by atoms with Gasteiger partial charge in [0.05, 0.1) is 12.6 Å². The summed E-state index contributed by atoms with van der Waals surface area (Å²) < 4.78 is 31.3. The maximum atomic E-state index is 14.2. The zero-order valence-corrected chi connectivity index (χ0v) is 16.5. The number of carbonyl (C=O) groups excluding carboxylic acids is 1. The number of benzene rings is 2. The highest BCUT2D eigenvalue weighted by molar-refractivity contribution is 5.80. The van der Waals surface area contributed by atoms with Gasteiger partial charge in [-0.15, -0.1) is 0 Å². The lowest BCUT2D eigenvalue weighted by Gasteiger charge is -2.09. The van der Waals surface area contributed by atoms with E-state index in [2.05, 4.69) is 5.32 Å². The molecule has 1 heterocycles. The van der Waals surface area contributed by atoms with Crippen molar-refractivity contribution in [2.75, 3.05) is 6.61 Å². The first-order chi connectivity index (χ1) is 14.0. The largest absolute Gasteiger partial charge is 0.490 e. The Morgan fingerprint density at radius 3 is 2.76 bits per heavy atom. The molecule has 0 spiro atoms. The van der Waals surface area contributed by atoms with Gasteiger partial charge in [0.15, 0.2) is 11.6 Å². The SMILES string of the molecule is CC(=O)NC(C)c1cc2cc(OCc3ccc(OCC4CC4)c(F)c3)ccc2o1. The van der Waals surface area contributed by atoms with Gasteiger partial charge in [0.2, 0.25) is 5.91 Å². The predicted octanol–water partition coefficient (Wildman–Crippen LogP) is 5.14. The fourth-order valence-corrected chi connectivity index (χ4v) is 3.13. The number of halogens is 1. The van der Waals surface area contributed by atoms with Crippen LogP contribution in [0.3, 0.4) is 0 Å². The molecular formula is C23H24FNO4. The minimum atomic E-state index is -0.367. The third-order valence-corrected chi connectivity index (χ3v) is 4.93. The van der Waals surface area contributed by atoms with Crippen molar-refractivity contribution in [1.82, 2.24) is 5.32 Å². The summed E-state index contributed by atoms with van der Waals surface area (Å²) in [7, 11) is 0. The molecule has 152 valence electrons. The number of amides is 1. The van der Waals surface area contributed by atoms with E-state index < -0.39 is 0 Å². The number of hydrogen-bond acceptors (Lipinski definition) is 4. The predicted molar refractivity (Wildman–Crippen MR) is 107 cm³/mol. The number of carbonyl (C=O) groups is 1. The molecule has 6 heteroatoms. The zero-order valence-electron chi connectivity index (χ0n) is 16.5. The minimum absolute atomic E-state index is 0.113. The van der Waals surface area contributed by atoms with Crippen molar-refractivity contribution in [3.8, 4) is 11.5 Å². The molecule has 1 N–H and O–H groups in total. The molecule has 0 bridgehead atoms. The lowest BCUT2D eigenvalue weighted by Crippen LogP contribution is -2.23. The number of rotatable bonds is 8. The molecule has 1 aromatic heterocycles. The van der Waals surface area contributed by atoms with Gasteiger partial charge in [0.1, 0.15) is 23.7 Å². The van der Waals surface area contributed by atoms with E-state index in [1.165, 1.54) is 25.8 Å². The Bertz CT molecular complexity index is 1020. The van der Waals surface area contributed by atoms with E-state index in [0.717, 1.165) is 10.9 Å². The molecule has 1 saturated carbocycles. The van der Waals surface area contributed by atoms with Crippen LogP contribution in [0.15, 0.2) is 46.9 Å². The van der Waals surface area contributed by atoms with E-state index in [-0.39, 0.29) is 24.4 Å². The summed E-state index contributed by atoms with van der Waals surface area (Å²) in [6.45, 7) is 4.17. The van der Waals surface area contributed by atoms with E-state index in [1.54, 1.807) is 6.07 Å². The van der Waals surface area contributed by atoms with Crippen molar-refractivity contribution in [1.29, 1.82) is 0 Å². The topological polar surface area (TPSA) is 60.7 Å². The van der Waals surface area contributed by atoms with Gasteiger partial charge in [0.25, 0.3) is 0 Å². The van der Waals surface area contributed by atoms with Crippen LogP contribution in [0, 0.1) is 11.7 Å². The Balaban J connectivity index is 1.39. The fourth-order valence-electron chi connectivity index (χ4n) is 3.13. The van der Waals surface area contributed by atoms with Crippen molar-refractivity contribution < 1.29 is 23.1 Å². The van der Waals surface area contributed by atoms with Crippen molar-refractivity contribution in [2.24, 2.45) is 5.92 Å². The lowest BCUT2D eigenvalue weighted by molar-refractivity contribution is -0.119. The van der Waals surface area contributed by atoms with E-state index >= 15 is 0 Å². The Morgan fingerprint density at radius 2 is 2.03 bits per heavy atom. The Morgan fingerprint density at radius 1 is 1.21 bits per heavy atom. The van der Waals surface area contributed by atoms with Gasteiger partial charge < -0.3 is 19.2 Å². The molecule has 5 nitrogen and oxygen atoms in total. The molecule has 29 heavy (non-hydrogen) atoms. The second kappa shape index (κ2) is 8.15. The van der Waals surface area contributed by atoms with Crippen molar-refractivity contribution >= 4 is 16.9 Å². The maximum Gasteiger partial charge on any atom is 0.217 e. The standard InChI is InChI=1S/C23H24FNO4/c1-14(25-15(2)26)23-11-18-10-19(6-8-21(18)29-23)27-13-17-5-7-22(20(24)9-17)28-12-16-3-4-16/h5-11,14,16H,3-4,12-13H2,1-2H3,(H,25,26). The molecule has 1 unspecified atom stereocenters. The number of nitrogens with one attached hydrogen (secondary N) is 1. The van der Waals surface area contributed by atoms with Crippen LogP contribution in [0.25, 0.3) is 11.0 Å². The second-order valence-corrected chi connectivity index (χ2v) is 7.58. The third-order valence-electron chi connectivity index (χ3n) is 4.93. The quantitative estimate of drug-likeness (QED) is 0.572. The van der Waals surface area contributed by atoms with Crippen LogP contribution in [-0.2, 0) is 11.4 Å². The van der Waals surface area contributed by atoms with Gasteiger partial charge in [0, 0.05) is 12.3 Å². The van der Waals surface area contributed by atoms with Crippen molar-refractivity contribution in [2.45, 2.75) is 39.3 Å². The molecular weight excluding hydrogens is 373 g/mol. The Hall–Kier alpha value is -3.02. The summed E-state index contributed by atoms with van der Waals surface area (Å²) in [6, 6.07) is 12.1. The van der Waals surface area contributed by atoms with E-state index in [4.69, 9.17) is 13.9 Å². The van der Waals surface area contributed by atoms with Crippen LogP contribution in [0.1, 0.15) is 44.1 Å². The van der Waals surface area contributed by atoms with Gasteiger partial charge in [-0.25, -0.2) is 4.39 Å².